The smallest absolute Gasteiger partial charge is 0.132 e. The summed E-state index contributed by atoms with van der Waals surface area (Å²) >= 11 is 0. The van der Waals surface area contributed by atoms with Crippen LogP contribution in [0.5, 0.6) is 0 Å². The van der Waals surface area contributed by atoms with Crippen molar-refractivity contribution in [2.45, 2.75) is 38.9 Å². The molecule has 0 radical (unpaired) electrons. The largest absolute Gasteiger partial charge is 0.343 e. The van der Waals surface area contributed by atoms with Gasteiger partial charge in [0, 0.05) is 18.2 Å². The summed E-state index contributed by atoms with van der Waals surface area (Å²) < 4.78 is 0. The van der Waals surface area contributed by atoms with Crippen molar-refractivity contribution >= 4 is 16.5 Å². The van der Waals surface area contributed by atoms with Gasteiger partial charge in [-0.15, -0.1) is 0 Å². The lowest BCUT2D eigenvalue weighted by molar-refractivity contribution is 0.489. The Morgan fingerprint density at radius 2 is 2.10 bits per heavy atom. The number of anilines is 1. The van der Waals surface area contributed by atoms with Crippen LogP contribution in [0.1, 0.15) is 38.2 Å². The van der Waals surface area contributed by atoms with E-state index < -0.39 is 0 Å². The van der Waals surface area contributed by atoms with Gasteiger partial charge in [0.2, 0.25) is 0 Å². The molecule has 1 aliphatic rings. The maximum atomic E-state index is 6.36. The van der Waals surface area contributed by atoms with Crippen molar-refractivity contribution in [2.24, 2.45) is 5.73 Å². The monoisotopic (exact) mass is 283 g/mol. The molecule has 3 nitrogen and oxygen atoms in total. The molecule has 2 aromatic rings. The van der Waals surface area contributed by atoms with Gasteiger partial charge >= 0.3 is 0 Å². The summed E-state index contributed by atoms with van der Waals surface area (Å²) in [6.07, 6.45) is 2.26. The number of nitrogens with one attached hydrogen (secondary N) is 1. The Balaban J connectivity index is 1.91. The zero-order chi connectivity index (χ0) is 14.8. The molecule has 0 amide bonds. The summed E-state index contributed by atoms with van der Waals surface area (Å²) in [5.74, 6) is 0.519. The molecule has 0 saturated heterocycles. The topological polar surface area (TPSA) is 41.3 Å². The molecule has 0 spiro atoms. The number of hydrogen-bond donors (Lipinski definition) is 2. The molecule has 0 aliphatic carbocycles. The molecular formula is C18H25N3. The van der Waals surface area contributed by atoms with E-state index >= 15 is 0 Å². The molecule has 2 unspecified atom stereocenters. The van der Waals surface area contributed by atoms with Crippen LogP contribution in [-0.4, -0.2) is 19.4 Å². The van der Waals surface area contributed by atoms with Gasteiger partial charge in [-0.1, -0.05) is 50.6 Å². The molecule has 0 saturated carbocycles. The minimum absolute atomic E-state index is 0.0959. The fraction of sp³-hybridized carbons (Fsp3) is 0.444. The summed E-state index contributed by atoms with van der Waals surface area (Å²) in [5.41, 5.74) is 9.09. The van der Waals surface area contributed by atoms with Gasteiger partial charge in [0.15, 0.2) is 0 Å². The van der Waals surface area contributed by atoms with Crippen molar-refractivity contribution in [2.75, 3.05) is 18.0 Å². The third-order valence-electron chi connectivity index (χ3n) is 4.44. The predicted octanol–water partition coefficient (Wildman–Crippen LogP) is 3.40. The standard InChI is InChI=1S/C18H25N3/c1-3-4-11-20-18(19)21-12-13(2)17-15-8-6-5-7-14(15)9-10-16(17)21/h5-10,13,18,20H,3-4,11-12,19H2,1-2H3. The highest BCUT2D eigenvalue weighted by Gasteiger charge is 2.30. The van der Waals surface area contributed by atoms with Gasteiger partial charge in [-0.3, -0.25) is 11.1 Å². The van der Waals surface area contributed by atoms with Crippen molar-refractivity contribution in [3.63, 3.8) is 0 Å². The molecule has 3 heteroatoms. The van der Waals surface area contributed by atoms with Crippen LogP contribution >= 0.6 is 0 Å². The van der Waals surface area contributed by atoms with Crippen LogP contribution in [0.15, 0.2) is 36.4 Å². The highest BCUT2D eigenvalue weighted by Crippen LogP contribution is 2.40. The third kappa shape index (κ3) is 2.63. The van der Waals surface area contributed by atoms with Crippen LogP contribution < -0.4 is 16.0 Å². The molecule has 2 atom stereocenters. The molecule has 112 valence electrons. The van der Waals surface area contributed by atoms with Gasteiger partial charge in [-0.25, -0.2) is 0 Å². The number of hydrogen-bond acceptors (Lipinski definition) is 3. The van der Waals surface area contributed by atoms with Crippen LogP contribution in [-0.2, 0) is 0 Å². The summed E-state index contributed by atoms with van der Waals surface area (Å²) in [5, 5.41) is 6.12. The summed E-state index contributed by atoms with van der Waals surface area (Å²) in [7, 11) is 0. The van der Waals surface area contributed by atoms with Crippen LogP contribution in [0.2, 0.25) is 0 Å². The minimum atomic E-state index is -0.0959. The Bertz CT molecular complexity index is 623. The average Bonchev–Trinajstić information content (AvgIpc) is 2.85. The van der Waals surface area contributed by atoms with Crippen LogP contribution in [0.3, 0.4) is 0 Å². The molecule has 0 fully saturated rings. The Kier molecular flexibility index (Phi) is 4.13. The van der Waals surface area contributed by atoms with E-state index in [-0.39, 0.29) is 6.29 Å². The first-order chi connectivity index (χ1) is 10.2. The lowest BCUT2D eigenvalue weighted by Gasteiger charge is -2.28. The number of rotatable bonds is 5. The number of nitrogens with zero attached hydrogens (tertiary/aromatic N) is 1. The summed E-state index contributed by atoms with van der Waals surface area (Å²) in [4.78, 5) is 2.31. The van der Waals surface area contributed by atoms with Crippen LogP contribution in [0.25, 0.3) is 10.8 Å². The van der Waals surface area contributed by atoms with Crippen molar-refractivity contribution in [1.82, 2.24) is 5.32 Å². The van der Waals surface area contributed by atoms with E-state index in [0.717, 1.165) is 13.1 Å². The highest BCUT2D eigenvalue weighted by molar-refractivity contribution is 5.92. The van der Waals surface area contributed by atoms with E-state index in [2.05, 4.69) is 60.5 Å². The fourth-order valence-corrected chi connectivity index (χ4v) is 3.34. The normalized spacial score (nSPS) is 19.0. The molecule has 3 N–H and O–H groups in total. The zero-order valence-corrected chi connectivity index (χ0v) is 13.0. The molecule has 1 heterocycles. The maximum Gasteiger partial charge on any atom is 0.132 e. The van der Waals surface area contributed by atoms with E-state index in [0.29, 0.717) is 5.92 Å². The number of fused-ring (bicyclic) bond motifs is 3. The molecule has 0 aromatic heterocycles. The zero-order valence-electron chi connectivity index (χ0n) is 13.0. The highest BCUT2D eigenvalue weighted by atomic mass is 15.3. The molecule has 0 bridgehead atoms. The first-order valence-corrected chi connectivity index (χ1v) is 7.99. The van der Waals surface area contributed by atoms with Gasteiger partial charge in [0.25, 0.3) is 0 Å². The molecular weight excluding hydrogens is 258 g/mol. The van der Waals surface area contributed by atoms with Crippen molar-refractivity contribution in [3.05, 3.63) is 42.0 Å². The minimum Gasteiger partial charge on any atom is -0.343 e. The van der Waals surface area contributed by atoms with Gasteiger partial charge in [-0.05, 0) is 35.4 Å². The van der Waals surface area contributed by atoms with Gasteiger partial charge < -0.3 is 4.90 Å². The van der Waals surface area contributed by atoms with E-state index in [9.17, 15) is 0 Å². The number of unbranched alkanes of at least 4 members (excludes halogenated alkanes) is 1. The second kappa shape index (κ2) is 6.04. The molecule has 3 rings (SSSR count). The molecule has 2 aromatic carbocycles. The molecule has 1 aliphatic heterocycles. The maximum absolute atomic E-state index is 6.36. The van der Waals surface area contributed by atoms with Crippen LogP contribution in [0, 0.1) is 0 Å². The Morgan fingerprint density at radius 3 is 2.90 bits per heavy atom. The first kappa shape index (κ1) is 14.4. The fourth-order valence-electron chi connectivity index (χ4n) is 3.34. The van der Waals surface area contributed by atoms with Gasteiger partial charge in [-0.2, -0.15) is 0 Å². The van der Waals surface area contributed by atoms with Gasteiger partial charge in [0.05, 0.1) is 0 Å². The number of nitrogens with two attached hydrogens (primary N) is 1. The first-order valence-electron chi connectivity index (χ1n) is 7.99. The predicted molar refractivity (Wildman–Crippen MR) is 90.6 cm³/mol. The average molecular weight is 283 g/mol. The quantitative estimate of drug-likeness (QED) is 0.653. The van der Waals surface area contributed by atoms with Crippen molar-refractivity contribution in [1.29, 1.82) is 0 Å². The third-order valence-corrected chi connectivity index (χ3v) is 4.44. The lowest BCUT2D eigenvalue weighted by Crippen LogP contribution is -2.52. The van der Waals surface area contributed by atoms with E-state index in [1.807, 2.05) is 0 Å². The van der Waals surface area contributed by atoms with Crippen molar-refractivity contribution < 1.29 is 0 Å². The summed E-state index contributed by atoms with van der Waals surface area (Å²) in [6, 6.07) is 13.1. The Hall–Kier alpha value is -1.58. The molecule has 21 heavy (non-hydrogen) atoms. The second-order valence-electron chi connectivity index (χ2n) is 6.03. The second-order valence-corrected chi connectivity index (χ2v) is 6.03. The summed E-state index contributed by atoms with van der Waals surface area (Å²) in [6.45, 7) is 6.46. The Morgan fingerprint density at radius 1 is 1.29 bits per heavy atom. The van der Waals surface area contributed by atoms with E-state index in [1.54, 1.807) is 0 Å². The van der Waals surface area contributed by atoms with Crippen LogP contribution in [0.4, 0.5) is 5.69 Å². The Labute approximate surface area is 127 Å². The number of benzene rings is 2. The SMILES string of the molecule is CCCCNC(N)N1CC(C)c2c1ccc1ccccc21. The lowest BCUT2D eigenvalue weighted by atomic mass is 9.96. The van der Waals surface area contributed by atoms with Gasteiger partial charge in [0.1, 0.15) is 6.29 Å². The van der Waals surface area contributed by atoms with E-state index in [4.69, 9.17) is 5.73 Å². The van der Waals surface area contributed by atoms with Crippen molar-refractivity contribution in [3.8, 4) is 0 Å². The van der Waals surface area contributed by atoms with E-state index in [1.165, 1.54) is 34.9 Å².